The summed E-state index contributed by atoms with van der Waals surface area (Å²) in [5.41, 5.74) is 0.658. The number of hydrogen-bond donors (Lipinski definition) is 1. The van der Waals surface area contributed by atoms with Crippen LogP contribution in [0.4, 0.5) is 10.1 Å². The van der Waals surface area contributed by atoms with Crippen LogP contribution in [0.3, 0.4) is 0 Å². The summed E-state index contributed by atoms with van der Waals surface area (Å²) in [6, 6.07) is 11.4. The monoisotopic (exact) mass is 380 g/mol. The Hall–Kier alpha value is -2.61. The second-order valence-electron chi connectivity index (χ2n) is 5.75. The van der Waals surface area contributed by atoms with E-state index >= 15 is 0 Å². The van der Waals surface area contributed by atoms with Crippen LogP contribution in [0.15, 0.2) is 48.5 Å². The minimum absolute atomic E-state index is 0.165. The van der Waals surface area contributed by atoms with E-state index in [1.807, 2.05) is 0 Å². The Kier molecular flexibility index (Phi) is 6.20. The summed E-state index contributed by atoms with van der Waals surface area (Å²) in [6.45, 7) is 1.62. The minimum atomic E-state index is -3.86. The molecule has 140 valence electrons. The van der Waals surface area contributed by atoms with Crippen LogP contribution in [0.25, 0.3) is 0 Å². The number of hydrogen-bond acceptors (Lipinski definition) is 4. The van der Waals surface area contributed by atoms with Gasteiger partial charge in [0.05, 0.1) is 19.1 Å². The number of benzene rings is 2. The summed E-state index contributed by atoms with van der Waals surface area (Å²) in [5.74, 6) is -0.557. The van der Waals surface area contributed by atoms with Crippen LogP contribution >= 0.6 is 0 Å². The summed E-state index contributed by atoms with van der Waals surface area (Å²) < 4.78 is 44.2. The molecule has 0 aliphatic rings. The van der Waals surface area contributed by atoms with Crippen molar-refractivity contribution in [1.82, 2.24) is 5.32 Å². The molecule has 0 aliphatic carbocycles. The third-order valence-corrected chi connectivity index (χ3v) is 5.03. The maximum Gasteiger partial charge on any atom is 0.243 e. The molecule has 0 heterocycles. The first kappa shape index (κ1) is 19.7. The van der Waals surface area contributed by atoms with E-state index in [0.29, 0.717) is 5.75 Å². The van der Waals surface area contributed by atoms with E-state index in [4.69, 9.17) is 4.74 Å². The van der Waals surface area contributed by atoms with Crippen molar-refractivity contribution >= 4 is 21.6 Å². The molecule has 1 N–H and O–H groups in total. The lowest BCUT2D eigenvalue weighted by Gasteiger charge is -2.28. The molecule has 0 spiro atoms. The minimum Gasteiger partial charge on any atom is -0.497 e. The van der Waals surface area contributed by atoms with Crippen LogP contribution in [0.1, 0.15) is 12.5 Å². The zero-order valence-electron chi connectivity index (χ0n) is 14.8. The fourth-order valence-electron chi connectivity index (χ4n) is 2.49. The number of sulfonamides is 1. The van der Waals surface area contributed by atoms with Crippen LogP contribution < -0.4 is 14.4 Å². The Morgan fingerprint density at radius 1 is 1.19 bits per heavy atom. The Bertz CT molecular complexity index is 869. The number of nitrogens with zero attached hydrogens (tertiary/aromatic N) is 1. The standard InChI is InChI=1S/C18H21FN2O4S/c1-13(18(22)20-12-14-8-10-15(25-2)11-9-14)21(26(3,23)24)17-7-5-4-6-16(17)19/h4-11,13H,12H2,1-3H3,(H,20,22). The average molecular weight is 380 g/mol. The molecule has 0 bridgehead atoms. The van der Waals surface area contributed by atoms with Crippen LogP contribution in [-0.2, 0) is 21.4 Å². The molecule has 2 aromatic rings. The van der Waals surface area contributed by atoms with Crippen molar-refractivity contribution in [2.45, 2.75) is 19.5 Å². The van der Waals surface area contributed by atoms with E-state index in [2.05, 4.69) is 5.32 Å². The highest BCUT2D eigenvalue weighted by Crippen LogP contribution is 2.24. The fraction of sp³-hybridized carbons (Fsp3) is 0.278. The normalized spacial score (nSPS) is 12.3. The lowest BCUT2D eigenvalue weighted by Crippen LogP contribution is -2.48. The number of rotatable bonds is 7. The summed E-state index contributed by atoms with van der Waals surface area (Å²) in [5, 5.41) is 2.67. The van der Waals surface area contributed by atoms with E-state index in [-0.39, 0.29) is 12.2 Å². The lowest BCUT2D eigenvalue weighted by molar-refractivity contribution is -0.122. The molecule has 8 heteroatoms. The van der Waals surface area contributed by atoms with Crippen molar-refractivity contribution < 1.29 is 22.3 Å². The zero-order chi connectivity index (χ0) is 19.3. The molecule has 0 saturated carbocycles. The van der Waals surface area contributed by atoms with Gasteiger partial charge < -0.3 is 10.1 Å². The number of methoxy groups -OCH3 is 1. The topological polar surface area (TPSA) is 75.7 Å². The largest absolute Gasteiger partial charge is 0.497 e. The predicted molar refractivity (Wildman–Crippen MR) is 98.0 cm³/mol. The molecule has 1 amide bonds. The number of nitrogens with one attached hydrogen (secondary N) is 1. The van der Waals surface area contributed by atoms with Crippen molar-refractivity contribution in [3.8, 4) is 5.75 Å². The van der Waals surface area contributed by atoms with E-state index < -0.39 is 27.8 Å². The average Bonchev–Trinajstić information content (AvgIpc) is 2.60. The van der Waals surface area contributed by atoms with Gasteiger partial charge in [0.25, 0.3) is 0 Å². The number of ether oxygens (including phenoxy) is 1. The van der Waals surface area contributed by atoms with Gasteiger partial charge >= 0.3 is 0 Å². The molecule has 2 rings (SSSR count). The number of amides is 1. The maximum absolute atomic E-state index is 14.1. The van der Waals surface area contributed by atoms with E-state index in [9.17, 15) is 17.6 Å². The Labute approximate surface area is 152 Å². The number of carbonyl (C=O) groups excluding carboxylic acids is 1. The van der Waals surface area contributed by atoms with Gasteiger partial charge in [0.15, 0.2) is 0 Å². The van der Waals surface area contributed by atoms with Crippen LogP contribution in [0, 0.1) is 5.82 Å². The third kappa shape index (κ3) is 4.72. The highest BCUT2D eigenvalue weighted by Gasteiger charge is 2.30. The first-order valence-electron chi connectivity index (χ1n) is 7.88. The van der Waals surface area contributed by atoms with Crippen molar-refractivity contribution in [1.29, 1.82) is 0 Å². The number of carbonyl (C=O) groups is 1. The van der Waals surface area contributed by atoms with Gasteiger partial charge in [-0.2, -0.15) is 0 Å². The van der Waals surface area contributed by atoms with Gasteiger partial charge in [0.2, 0.25) is 15.9 Å². The molecule has 6 nitrogen and oxygen atoms in total. The van der Waals surface area contributed by atoms with E-state index in [0.717, 1.165) is 22.2 Å². The SMILES string of the molecule is COc1ccc(CNC(=O)C(C)N(c2ccccc2F)S(C)(=O)=O)cc1. The molecule has 0 saturated heterocycles. The molecular formula is C18H21FN2O4S. The summed E-state index contributed by atoms with van der Waals surface area (Å²) >= 11 is 0. The van der Waals surface area contributed by atoms with Gasteiger partial charge in [0, 0.05) is 6.54 Å². The first-order chi connectivity index (χ1) is 12.2. The highest BCUT2D eigenvalue weighted by atomic mass is 32.2. The van der Waals surface area contributed by atoms with Gasteiger partial charge in [-0.05, 0) is 36.8 Å². The maximum atomic E-state index is 14.1. The molecule has 1 atom stereocenters. The lowest BCUT2D eigenvalue weighted by atomic mass is 10.2. The second-order valence-corrected chi connectivity index (χ2v) is 7.61. The van der Waals surface area contributed by atoms with Crippen LogP contribution in [0.5, 0.6) is 5.75 Å². The summed E-state index contributed by atoms with van der Waals surface area (Å²) in [4.78, 5) is 12.4. The quantitative estimate of drug-likeness (QED) is 0.800. The number of anilines is 1. The number of halogens is 1. The Morgan fingerprint density at radius 3 is 2.35 bits per heavy atom. The van der Waals surface area contributed by atoms with Gasteiger partial charge in [-0.25, -0.2) is 12.8 Å². The van der Waals surface area contributed by atoms with Crippen molar-refractivity contribution in [2.75, 3.05) is 17.7 Å². The van der Waals surface area contributed by atoms with Crippen molar-refractivity contribution in [3.05, 3.63) is 59.9 Å². The highest BCUT2D eigenvalue weighted by molar-refractivity contribution is 7.92. The third-order valence-electron chi connectivity index (χ3n) is 3.80. The number of para-hydroxylation sites is 1. The molecule has 2 aromatic carbocycles. The Balaban J connectivity index is 2.16. The van der Waals surface area contributed by atoms with Crippen molar-refractivity contribution in [3.63, 3.8) is 0 Å². The smallest absolute Gasteiger partial charge is 0.243 e. The van der Waals surface area contributed by atoms with Gasteiger partial charge in [-0.3, -0.25) is 9.10 Å². The molecule has 1 unspecified atom stereocenters. The molecule has 26 heavy (non-hydrogen) atoms. The summed E-state index contributed by atoms with van der Waals surface area (Å²) in [6.07, 6.45) is 0.937. The van der Waals surface area contributed by atoms with Gasteiger partial charge in [-0.1, -0.05) is 24.3 Å². The zero-order valence-corrected chi connectivity index (χ0v) is 15.6. The second kappa shape index (κ2) is 8.18. The fourth-order valence-corrected chi connectivity index (χ4v) is 3.67. The van der Waals surface area contributed by atoms with E-state index in [1.54, 1.807) is 31.4 Å². The predicted octanol–water partition coefficient (Wildman–Crippen LogP) is 2.31. The van der Waals surface area contributed by atoms with Crippen LogP contribution in [-0.4, -0.2) is 33.7 Å². The van der Waals surface area contributed by atoms with Crippen molar-refractivity contribution in [2.24, 2.45) is 0 Å². The molecular weight excluding hydrogens is 359 g/mol. The van der Waals surface area contributed by atoms with E-state index in [1.165, 1.54) is 25.1 Å². The first-order valence-corrected chi connectivity index (χ1v) is 9.73. The van der Waals surface area contributed by atoms with Gasteiger partial charge in [0.1, 0.15) is 17.6 Å². The molecule has 0 aromatic heterocycles. The van der Waals surface area contributed by atoms with Gasteiger partial charge in [-0.15, -0.1) is 0 Å². The van der Waals surface area contributed by atoms with Crippen LogP contribution in [0.2, 0.25) is 0 Å². The summed E-state index contributed by atoms with van der Waals surface area (Å²) in [7, 11) is -2.30. The Morgan fingerprint density at radius 2 is 1.81 bits per heavy atom. The molecule has 0 fully saturated rings. The molecule has 0 aliphatic heterocycles. The molecule has 0 radical (unpaired) electrons.